The van der Waals surface area contributed by atoms with Gasteiger partial charge in [0.25, 0.3) is 0 Å². The van der Waals surface area contributed by atoms with E-state index in [0.29, 0.717) is 6.07 Å². The Labute approximate surface area is 111 Å². The Morgan fingerprint density at radius 3 is 2.32 bits per heavy atom. The highest BCUT2D eigenvalue weighted by atomic mass is 32.2. The molecule has 0 spiro atoms. The second-order valence-corrected chi connectivity index (χ2v) is 6.37. The molecular weight excluding hydrogens is 276 g/mol. The Morgan fingerprint density at radius 2 is 1.84 bits per heavy atom. The molecule has 1 rings (SSSR count). The van der Waals surface area contributed by atoms with Gasteiger partial charge in [0.2, 0.25) is 10.0 Å². The number of hydrogen-bond acceptors (Lipinski definition) is 3. The molecule has 0 aliphatic carbocycles. The Balaban J connectivity index is 3.17. The van der Waals surface area contributed by atoms with Crippen LogP contribution in [-0.2, 0) is 10.0 Å². The minimum atomic E-state index is -4.21. The lowest BCUT2D eigenvalue weighted by molar-refractivity contribution is 0.227. The predicted octanol–water partition coefficient (Wildman–Crippen LogP) is 1.57. The normalized spacial score (nSPS) is 13.8. The van der Waals surface area contributed by atoms with Gasteiger partial charge in [-0.05, 0) is 30.5 Å². The van der Waals surface area contributed by atoms with Crippen LogP contribution in [0.5, 0.6) is 0 Å². The van der Waals surface area contributed by atoms with Crippen molar-refractivity contribution >= 4 is 10.0 Å². The van der Waals surface area contributed by atoms with E-state index >= 15 is 0 Å². The van der Waals surface area contributed by atoms with Crippen LogP contribution in [-0.4, -0.2) is 26.2 Å². The van der Waals surface area contributed by atoms with Gasteiger partial charge in [-0.2, -0.15) is 0 Å². The maximum Gasteiger partial charge on any atom is 0.243 e. The molecule has 1 aromatic carbocycles. The number of halogens is 2. The molecular formula is C12H17F2NO3S. The molecule has 7 heteroatoms. The van der Waals surface area contributed by atoms with Crippen LogP contribution < -0.4 is 4.72 Å². The van der Waals surface area contributed by atoms with Crippen LogP contribution in [0.3, 0.4) is 0 Å². The van der Waals surface area contributed by atoms with E-state index < -0.39 is 39.2 Å². The van der Waals surface area contributed by atoms with E-state index in [4.69, 9.17) is 5.11 Å². The third kappa shape index (κ3) is 3.71. The van der Waals surface area contributed by atoms with Crippen molar-refractivity contribution in [2.24, 2.45) is 5.92 Å². The summed E-state index contributed by atoms with van der Waals surface area (Å²) in [4.78, 5) is -0.755. The summed E-state index contributed by atoms with van der Waals surface area (Å²) in [6.45, 7) is 4.32. The molecule has 0 radical (unpaired) electrons. The summed E-state index contributed by atoms with van der Waals surface area (Å²) in [6.07, 6.45) is 0. The average Bonchev–Trinajstić information content (AvgIpc) is 2.30. The molecule has 108 valence electrons. The zero-order valence-corrected chi connectivity index (χ0v) is 11.8. The van der Waals surface area contributed by atoms with Crippen LogP contribution >= 0.6 is 0 Å². The average molecular weight is 293 g/mol. The number of sulfonamides is 1. The molecule has 0 fully saturated rings. The number of aliphatic hydroxyl groups is 1. The van der Waals surface area contributed by atoms with Gasteiger partial charge in [0.1, 0.15) is 16.5 Å². The second kappa shape index (κ2) is 5.94. The van der Waals surface area contributed by atoms with E-state index in [1.807, 2.05) is 0 Å². The van der Waals surface area contributed by atoms with Crippen molar-refractivity contribution in [2.75, 3.05) is 6.61 Å². The molecule has 0 unspecified atom stereocenters. The van der Waals surface area contributed by atoms with Crippen molar-refractivity contribution in [1.82, 2.24) is 4.72 Å². The molecule has 0 heterocycles. The number of hydrogen-bond donors (Lipinski definition) is 2. The molecule has 0 aliphatic heterocycles. The van der Waals surface area contributed by atoms with Crippen molar-refractivity contribution in [3.05, 3.63) is 29.3 Å². The minimum Gasteiger partial charge on any atom is -0.395 e. The molecule has 1 atom stereocenters. The molecule has 0 aliphatic rings. The highest BCUT2D eigenvalue weighted by molar-refractivity contribution is 7.89. The van der Waals surface area contributed by atoms with Gasteiger partial charge >= 0.3 is 0 Å². The first-order valence-corrected chi connectivity index (χ1v) is 7.26. The van der Waals surface area contributed by atoms with Crippen LogP contribution in [0.4, 0.5) is 8.78 Å². The lowest BCUT2D eigenvalue weighted by Crippen LogP contribution is -2.41. The lowest BCUT2D eigenvalue weighted by Gasteiger charge is -2.20. The molecule has 1 aromatic rings. The van der Waals surface area contributed by atoms with E-state index in [9.17, 15) is 17.2 Å². The zero-order valence-electron chi connectivity index (χ0n) is 10.9. The Bertz CT molecular complexity index is 558. The van der Waals surface area contributed by atoms with Gasteiger partial charge in [0.15, 0.2) is 0 Å². The van der Waals surface area contributed by atoms with E-state index in [1.54, 1.807) is 13.8 Å². The topological polar surface area (TPSA) is 66.4 Å². The molecule has 4 nitrogen and oxygen atoms in total. The van der Waals surface area contributed by atoms with Crippen LogP contribution in [0.15, 0.2) is 17.0 Å². The van der Waals surface area contributed by atoms with E-state index in [1.165, 1.54) is 6.92 Å². The number of benzene rings is 1. The van der Waals surface area contributed by atoms with Gasteiger partial charge in [-0.15, -0.1) is 0 Å². The third-order valence-corrected chi connectivity index (χ3v) is 4.32. The van der Waals surface area contributed by atoms with Crippen molar-refractivity contribution in [2.45, 2.75) is 31.7 Å². The summed E-state index contributed by atoms with van der Waals surface area (Å²) in [5, 5.41) is 9.08. The number of nitrogens with one attached hydrogen (secondary N) is 1. The highest BCUT2D eigenvalue weighted by Crippen LogP contribution is 2.19. The van der Waals surface area contributed by atoms with Crippen molar-refractivity contribution in [3.8, 4) is 0 Å². The molecule has 0 amide bonds. The van der Waals surface area contributed by atoms with E-state index in [-0.39, 0.29) is 11.5 Å². The molecule has 0 saturated heterocycles. The summed E-state index contributed by atoms with van der Waals surface area (Å²) in [5.41, 5.74) is 0.0269. The Kier molecular flexibility index (Phi) is 5.00. The van der Waals surface area contributed by atoms with Gasteiger partial charge in [-0.3, -0.25) is 0 Å². The predicted molar refractivity (Wildman–Crippen MR) is 67.1 cm³/mol. The van der Waals surface area contributed by atoms with Crippen molar-refractivity contribution in [3.63, 3.8) is 0 Å². The molecule has 0 saturated carbocycles. The van der Waals surface area contributed by atoms with Crippen molar-refractivity contribution in [1.29, 1.82) is 0 Å². The summed E-state index contributed by atoms with van der Waals surface area (Å²) in [5.74, 6) is -2.00. The smallest absolute Gasteiger partial charge is 0.243 e. The lowest BCUT2D eigenvalue weighted by atomic mass is 10.1. The number of aryl methyl sites for hydroxylation is 1. The maximum atomic E-state index is 13.6. The quantitative estimate of drug-likeness (QED) is 0.866. The van der Waals surface area contributed by atoms with Crippen LogP contribution in [0.2, 0.25) is 0 Å². The summed E-state index contributed by atoms with van der Waals surface area (Å²) in [7, 11) is -4.21. The Hall–Kier alpha value is -1.05. The Morgan fingerprint density at radius 1 is 1.26 bits per heavy atom. The fourth-order valence-electron chi connectivity index (χ4n) is 1.48. The van der Waals surface area contributed by atoms with E-state index in [2.05, 4.69) is 4.72 Å². The highest BCUT2D eigenvalue weighted by Gasteiger charge is 2.25. The van der Waals surface area contributed by atoms with Gasteiger partial charge in [0.05, 0.1) is 6.61 Å². The summed E-state index contributed by atoms with van der Waals surface area (Å²) >= 11 is 0. The van der Waals surface area contributed by atoms with E-state index in [0.717, 1.165) is 6.07 Å². The standard InChI is InChI=1S/C12H17F2NO3S/c1-7(2)11(6-16)15-19(17,18)12-5-9(13)8(3)4-10(12)14/h4-5,7,11,15-16H,6H2,1-3H3/t11-/m1/s1. The van der Waals surface area contributed by atoms with Crippen LogP contribution in [0, 0.1) is 24.5 Å². The number of aliphatic hydroxyl groups excluding tert-OH is 1. The summed E-state index contributed by atoms with van der Waals surface area (Å²) in [6, 6.07) is 0.711. The van der Waals surface area contributed by atoms with Crippen LogP contribution in [0.25, 0.3) is 0 Å². The maximum absolute atomic E-state index is 13.6. The molecule has 0 aromatic heterocycles. The molecule has 19 heavy (non-hydrogen) atoms. The third-order valence-electron chi connectivity index (χ3n) is 2.81. The fraction of sp³-hybridized carbons (Fsp3) is 0.500. The number of rotatable bonds is 5. The first-order valence-electron chi connectivity index (χ1n) is 5.78. The van der Waals surface area contributed by atoms with Gasteiger partial charge in [0, 0.05) is 6.04 Å². The minimum absolute atomic E-state index is 0.0269. The molecule has 2 N–H and O–H groups in total. The van der Waals surface area contributed by atoms with Crippen LogP contribution in [0.1, 0.15) is 19.4 Å². The van der Waals surface area contributed by atoms with Gasteiger partial charge in [-0.1, -0.05) is 13.8 Å². The summed E-state index contributed by atoms with van der Waals surface area (Å²) < 4.78 is 53.1. The largest absolute Gasteiger partial charge is 0.395 e. The first kappa shape index (κ1) is 16.0. The second-order valence-electron chi connectivity index (χ2n) is 4.69. The van der Waals surface area contributed by atoms with Crippen molar-refractivity contribution < 1.29 is 22.3 Å². The first-order chi connectivity index (χ1) is 8.69. The zero-order chi connectivity index (χ0) is 14.8. The van der Waals surface area contributed by atoms with Gasteiger partial charge < -0.3 is 5.11 Å². The monoisotopic (exact) mass is 293 g/mol. The fourth-order valence-corrected chi connectivity index (χ4v) is 2.93. The van der Waals surface area contributed by atoms with Gasteiger partial charge in [-0.25, -0.2) is 21.9 Å². The molecule has 0 bridgehead atoms. The SMILES string of the molecule is Cc1cc(F)c(S(=O)(=O)N[C@H](CO)C(C)C)cc1F.